The quantitative estimate of drug-likeness (QED) is 0.645. The van der Waals surface area contributed by atoms with Crippen LogP contribution in [0.2, 0.25) is 0 Å². The van der Waals surface area contributed by atoms with E-state index in [0.717, 1.165) is 56.8 Å². The van der Waals surface area contributed by atoms with E-state index in [9.17, 15) is 5.26 Å². The van der Waals surface area contributed by atoms with Gasteiger partial charge in [0.2, 0.25) is 0 Å². The maximum atomic E-state index is 9.32. The molecule has 5 aliphatic heterocycles. The van der Waals surface area contributed by atoms with Crippen LogP contribution in [0.4, 0.5) is 0 Å². The smallest absolute Gasteiger partial charge is 0.0991 e. The Morgan fingerprint density at radius 2 is 1.19 bits per heavy atom. The number of hydrogen-bond donors (Lipinski definition) is 0. The van der Waals surface area contributed by atoms with Crippen molar-refractivity contribution in [2.45, 2.75) is 0 Å². The van der Waals surface area contributed by atoms with E-state index in [1.807, 2.05) is 85.0 Å². The Hall–Kier alpha value is -4.69. The van der Waals surface area contributed by atoms with Crippen LogP contribution in [0, 0.1) is 11.3 Å². The van der Waals surface area contributed by atoms with Crippen molar-refractivity contribution in [2.24, 2.45) is 20.0 Å². The van der Waals surface area contributed by atoms with Crippen LogP contribution in [-0.4, -0.2) is 22.8 Å². The molecule has 0 radical (unpaired) electrons. The van der Waals surface area contributed by atoms with Crippen molar-refractivity contribution in [3.63, 3.8) is 0 Å². The van der Waals surface area contributed by atoms with Crippen molar-refractivity contribution in [2.75, 3.05) is 0 Å². The van der Waals surface area contributed by atoms with Crippen LogP contribution in [0.1, 0.15) is 11.1 Å². The molecule has 148 valence electrons. The van der Waals surface area contributed by atoms with Gasteiger partial charge in [-0.25, -0.2) is 20.0 Å². The molecule has 0 fully saturated rings. The van der Waals surface area contributed by atoms with Gasteiger partial charge in [-0.2, -0.15) is 5.26 Å². The molecule has 0 saturated carbocycles. The first-order valence-corrected chi connectivity index (χ1v) is 10.2. The molecule has 32 heavy (non-hydrogen) atoms. The standard InChI is InChI=1S/C27H15N5/c28-16-17-2-1-3-18(10-17)26-14-25-13-23-7-6-21(30-23)11-19-4-5-20(29-19)12-22-8-9-24(31-22)15-27(26)32-25/h1-15H. The Bertz CT molecular complexity index is 1500. The Kier molecular flexibility index (Phi) is 4.09. The van der Waals surface area contributed by atoms with E-state index in [2.05, 4.69) is 16.1 Å². The summed E-state index contributed by atoms with van der Waals surface area (Å²) in [6.45, 7) is 0. The van der Waals surface area contributed by atoms with Crippen molar-refractivity contribution in [1.29, 1.82) is 5.26 Å². The van der Waals surface area contributed by atoms with E-state index in [4.69, 9.17) is 9.98 Å². The summed E-state index contributed by atoms with van der Waals surface area (Å²) in [6.07, 6.45) is 21.7. The number of allylic oxidation sites excluding steroid dienone is 12. The number of hydrogen-bond acceptors (Lipinski definition) is 5. The second kappa shape index (κ2) is 7.22. The van der Waals surface area contributed by atoms with Crippen molar-refractivity contribution < 1.29 is 0 Å². The van der Waals surface area contributed by atoms with Gasteiger partial charge in [-0.05, 0) is 84.5 Å². The second-order valence-electron chi connectivity index (χ2n) is 7.63. The molecular formula is C27H15N5. The van der Waals surface area contributed by atoms with Gasteiger partial charge in [-0.15, -0.1) is 0 Å². The van der Waals surface area contributed by atoms with Crippen molar-refractivity contribution in [3.8, 4) is 6.07 Å². The number of fused-ring (bicyclic) bond motifs is 4. The van der Waals surface area contributed by atoms with Crippen molar-refractivity contribution in [1.82, 2.24) is 0 Å². The maximum absolute atomic E-state index is 9.32. The van der Waals surface area contributed by atoms with Crippen molar-refractivity contribution >= 4 is 28.4 Å². The molecule has 5 nitrogen and oxygen atoms in total. The highest BCUT2D eigenvalue weighted by Gasteiger charge is 2.18. The lowest BCUT2D eigenvalue weighted by Crippen LogP contribution is -1.96. The summed E-state index contributed by atoms with van der Waals surface area (Å²) in [7, 11) is 0. The van der Waals surface area contributed by atoms with Crippen LogP contribution >= 0.6 is 0 Å². The minimum atomic E-state index is 0.612. The molecule has 1 aromatic carbocycles. The number of rotatable bonds is 1. The first-order valence-electron chi connectivity index (χ1n) is 10.2. The first kappa shape index (κ1) is 18.1. The number of benzene rings is 1. The summed E-state index contributed by atoms with van der Waals surface area (Å²) in [6, 6.07) is 9.77. The van der Waals surface area contributed by atoms with Crippen LogP contribution in [0.5, 0.6) is 0 Å². The Morgan fingerprint density at radius 3 is 1.81 bits per heavy atom. The molecule has 0 unspecified atom stereocenters. The lowest BCUT2D eigenvalue weighted by molar-refractivity contribution is 1.41. The summed E-state index contributed by atoms with van der Waals surface area (Å²) < 4.78 is 0. The highest BCUT2D eigenvalue weighted by molar-refractivity contribution is 6.32. The van der Waals surface area contributed by atoms with Crippen molar-refractivity contribution in [3.05, 3.63) is 125 Å². The zero-order valence-corrected chi connectivity index (χ0v) is 16.9. The molecule has 0 aliphatic carbocycles. The SMILES string of the molecule is N#Cc1cccc(C2=CC3=CC4=NC(=CC5=NC(=CC6=NC(=CC2=N3)C=C6)C=C5)C=C4)c1. The summed E-state index contributed by atoms with van der Waals surface area (Å²) in [4.78, 5) is 18.9. The predicted molar refractivity (Wildman–Crippen MR) is 129 cm³/mol. The molecule has 1 aromatic rings. The normalized spacial score (nSPS) is 19.9. The minimum absolute atomic E-state index is 0.612. The van der Waals surface area contributed by atoms with Gasteiger partial charge in [-0.3, -0.25) is 0 Å². The van der Waals surface area contributed by atoms with Gasteiger partial charge in [0.15, 0.2) is 0 Å². The van der Waals surface area contributed by atoms with Gasteiger partial charge in [0.1, 0.15) is 0 Å². The van der Waals surface area contributed by atoms with Crippen LogP contribution in [0.15, 0.2) is 134 Å². The lowest BCUT2D eigenvalue weighted by Gasteiger charge is -2.04. The predicted octanol–water partition coefficient (Wildman–Crippen LogP) is 4.98. The van der Waals surface area contributed by atoms with Gasteiger partial charge >= 0.3 is 0 Å². The Morgan fingerprint density at radius 1 is 0.594 bits per heavy atom. The number of nitriles is 1. The molecule has 0 aromatic heterocycles. The zero-order valence-electron chi connectivity index (χ0n) is 16.9. The maximum Gasteiger partial charge on any atom is 0.0991 e. The van der Waals surface area contributed by atoms with E-state index in [0.29, 0.717) is 5.56 Å². The summed E-state index contributed by atoms with van der Waals surface area (Å²) in [5.74, 6) is 0. The number of aliphatic imine (C=N–C) groups is 4. The average molecular weight is 409 g/mol. The van der Waals surface area contributed by atoms with Crippen LogP contribution in [-0.2, 0) is 0 Å². The summed E-state index contributed by atoms with van der Waals surface area (Å²) >= 11 is 0. The number of nitrogens with zero attached hydrogens (tertiary/aromatic N) is 5. The fraction of sp³-hybridized carbons (Fsp3) is 0. The molecule has 8 bridgehead atoms. The molecular weight excluding hydrogens is 394 g/mol. The molecule has 5 aliphatic rings. The summed E-state index contributed by atoms with van der Waals surface area (Å²) in [5, 5.41) is 9.32. The van der Waals surface area contributed by atoms with Gasteiger partial charge in [0.05, 0.1) is 57.3 Å². The Balaban J connectivity index is 1.51. The topological polar surface area (TPSA) is 73.2 Å². The third kappa shape index (κ3) is 3.40. The fourth-order valence-electron chi connectivity index (χ4n) is 3.88. The highest BCUT2D eigenvalue weighted by atomic mass is 14.8. The molecule has 6 rings (SSSR count). The highest BCUT2D eigenvalue weighted by Crippen LogP contribution is 2.29. The second-order valence-corrected chi connectivity index (χ2v) is 7.63. The van der Waals surface area contributed by atoms with E-state index in [1.165, 1.54) is 0 Å². The summed E-state index contributed by atoms with van der Waals surface area (Å²) in [5.41, 5.74) is 9.16. The first-order chi connectivity index (χ1) is 15.7. The van der Waals surface area contributed by atoms with Crippen LogP contribution in [0.3, 0.4) is 0 Å². The van der Waals surface area contributed by atoms with Crippen LogP contribution in [0.25, 0.3) is 5.57 Å². The van der Waals surface area contributed by atoms with E-state index >= 15 is 0 Å². The average Bonchev–Trinajstić information content (AvgIpc) is 3.59. The molecule has 0 N–H and O–H groups in total. The molecule has 0 amide bonds. The Labute approximate surface area is 185 Å². The van der Waals surface area contributed by atoms with Gasteiger partial charge in [-0.1, -0.05) is 12.1 Å². The van der Waals surface area contributed by atoms with Gasteiger partial charge in [0.25, 0.3) is 0 Å². The van der Waals surface area contributed by atoms with E-state index in [-0.39, 0.29) is 0 Å². The molecule has 5 heterocycles. The van der Waals surface area contributed by atoms with Crippen LogP contribution < -0.4 is 0 Å². The largest absolute Gasteiger partial charge is 0.249 e. The van der Waals surface area contributed by atoms with Gasteiger partial charge < -0.3 is 0 Å². The molecule has 0 saturated heterocycles. The van der Waals surface area contributed by atoms with Gasteiger partial charge in [0, 0.05) is 5.57 Å². The molecule has 0 atom stereocenters. The molecule has 5 heteroatoms. The third-order valence-electron chi connectivity index (χ3n) is 5.34. The fourth-order valence-corrected chi connectivity index (χ4v) is 3.88. The lowest BCUT2D eigenvalue weighted by atomic mass is 9.99. The third-order valence-corrected chi connectivity index (χ3v) is 5.34. The monoisotopic (exact) mass is 409 g/mol. The minimum Gasteiger partial charge on any atom is -0.249 e. The van der Waals surface area contributed by atoms with E-state index < -0.39 is 0 Å². The zero-order chi connectivity index (χ0) is 21.5. The van der Waals surface area contributed by atoms with E-state index in [1.54, 1.807) is 6.07 Å². The molecule has 0 spiro atoms.